The van der Waals surface area contributed by atoms with Gasteiger partial charge in [-0.15, -0.1) is 0 Å². The van der Waals surface area contributed by atoms with Crippen LogP contribution in [0.1, 0.15) is 11.1 Å². The van der Waals surface area contributed by atoms with Crippen molar-refractivity contribution in [2.24, 2.45) is 0 Å². The molecule has 2 amide bonds. The first-order valence-corrected chi connectivity index (χ1v) is 10.6. The summed E-state index contributed by atoms with van der Waals surface area (Å²) in [6.45, 7) is 3.61. The Morgan fingerprint density at radius 2 is 1.33 bits per heavy atom. The van der Waals surface area contributed by atoms with Crippen LogP contribution in [0.4, 0.5) is 5.69 Å². The Kier molecular flexibility index (Phi) is 8.08. The summed E-state index contributed by atoms with van der Waals surface area (Å²) >= 11 is 0. The SMILES string of the molecule is COCCN(CCOC)C1=C(c2ccc(C)cc2)C(=O)N(c2cc(OC)cc(OC)c2)C1=O. The molecule has 0 radical (unpaired) electrons. The number of aryl methyl sites for hydroxylation is 1. The number of rotatable bonds is 11. The number of amides is 2. The molecule has 0 aliphatic carbocycles. The van der Waals surface area contributed by atoms with Gasteiger partial charge in [-0.3, -0.25) is 9.59 Å². The first-order chi connectivity index (χ1) is 15.9. The quantitative estimate of drug-likeness (QED) is 0.483. The van der Waals surface area contributed by atoms with E-state index in [-0.39, 0.29) is 0 Å². The van der Waals surface area contributed by atoms with Gasteiger partial charge in [0.25, 0.3) is 11.8 Å². The monoisotopic (exact) mass is 454 g/mol. The molecular formula is C25H30N2O6. The Balaban J connectivity index is 2.15. The lowest BCUT2D eigenvalue weighted by molar-refractivity contribution is -0.120. The third-order valence-corrected chi connectivity index (χ3v) is 5.44. The van der Waals surface area contributed by atoms with Gasteiger partial charge in [0.1, 0.15) is 17.2 Å². The second-order valence-electron chi connectivity index (χ2n) is 7.58. The van der Waals surface area contributed by atoms with Crippen LogP contribution in [0.15, 0.2) is 48.2 Å². The largest absolute Gasteiger partial charge is 0.497 e. The van der Waals surface area contributed by atoms with Crippen LogP contribution in [-0.4, -0.2) is 71.5 Å². The summed E-state index contributed by atoms with van der Waals surface area (Å²) in [5, 5.41) is 0. The molecule has 0 atom stereocenters. The standard InChI is InChI=1S/C25H30N2O6/c1-17-6-8-18(9-7-17)22-23(26(10-12-30-2)11-13-31-3)25(29)27(24(22)28)19-14-20(32-4)16-21(15-19)33-5/h6-9,14-16H,10-13H2,1-5H3. The van der Waals surface area contributed by atoms with E-state index in [1.165, 1.54) is 19.1 Å². The molecule has 0 unspecified atom stereocenters. The van der Waals surface area contributed by atoms with Crippen LogP contribution in [0.3, 0.4) is 0 Å². The molecule has 0 fully saturated rings. The van der Waals surface area contributed by atoms with Gasteiger partial charge in [0.15, 0.2) is 0 Å². The number of imide groups is 1. The predicted octanol–water partition coefficient (Wildman–Crippen LogP) is 2.89. The Bertz CT molecular complexity index is 1000. The van der Waals surface area contributed by atoms with Crippen LogP contribution in [0.2, 0.25) is 0 Å². The summed E-state index contributed by atoms with van der Waals surface area (Å²) < 4.78 is 21.2. The maximum Gasteiger partial charge on any atom is 0.282 e. The molecule has 0 saturated carbocycles. The first-order valence-electron chi connectivity index (χ1n) is 10.6. The van der Waals surface area contributed by atoms with E-state index in [1.54, 1.807) is 32.4 Å². The molecule has 3 rings (SSSR count). The highest BCUT2D eigenvalue weighted by atomic mass is 16.5. The molecule has 2 aromatic rings. The van der Waals surface area contributed by atoms with Crippen LogP contribution in [0, 0.1) is 6.92 Å². The second kappa shape index (κ2) is 11.0. The third kappa shape index (κ3) is 5.18. The van der Waals surface area contributed by atoms with Gasteiger partial charge in [-0.05, 0) is 12.5 Å². The fourth-order valence-corrected chi connectivity index (χ4v) is 3.69. The number of nitrogens with zero attached hydrogens (tertiary/aromatic N) is 2. The third-order valence-electron chi connectivity index (χ3n) is 5.44. The highest BCUT2D eigenvalue weighted by Gasteiger charge is 2.42. The Labute approximate surface area is 194 Å². The van der Waals surface area contributed by atoms with Gasteiger partial charge in [-0.25, -0.2) is 4.90 Å². The van der Waals surface area contributed by atoms with Crippen LogP contribution < -0.4 is 14.4 Å². The fraction of sp³-hybridized carbons (Fsp3) is 0.360. The predicted molar refractivity (Wildman–Crippen MR) is 125 cm³/mol. The molecule has 0 aromatic heterocycles. The van der Waals surface area contributed by atoms with E-state index in [2.05, 4.69) is 0 Å². The molecular weight excluding hydrogens is 424 g/mol. The number of methoxy groups -OCH3 is 4. The molecule has 2 aromatic carbocycles. The first kappa shape index (κ1) is 24.3. The van der Waals surface area contributed by atoms with E-state index in [0.29, 0.717) is 60.3 Å². The molecule has 0 saturated heterocycles. The summed E-state index contributed by atoms with van der Waals surface area (Å²) in [5.41, 5.74) is 2.77. The van der Waals surface area contributed by atoms with Crippen molar-refractivity contribution in [3.05, 3.63) is 59.3 Å². The number of hydrogen-bond acceptors (Lipinski definition) is 7. The number of carbonyl (C=O) groups excluding carboxylic acids is 2. The van der Waals surface area contributed by atoms with Crippen molar-refractivity contribution in [3.63, 3.8) is 0 Å². The minimum Gasteiger partial charge on any atom is -0.497 e. The Morgan fingerprint density at radius 1 is 0.788 bits per heavy atom. The smallest absolute Gasteiger partial charge is 0.282 e. The number of carbonyl (C=O) groups is 2. The summed E-state index contributed by atoms with van der Waals surface area (Å²) in [5.74, 6) is 0.129. The molecule has 1 aliphatic heterocycles. The van der Waals surface area contributed by atoms with Crippen LogP contribution in [0.25, 0.3) is 5.57 Å². The Morgan fingerprint density at radius 3 is 1.82 bits per heavy atom. The topological polar surface area (TPSA) is 77.5 Å². The van der Waals surface area contributed by atoms with Crippen molar-refractivity contribution in [2.45, 2.75) is 6.92 Å². The van der Waals surface area contributed by atoms with E-state index < -0.39 is 11.8 Å². The zero-order chi connectivity index (χ0) is 24.0. The van der Waals surface area contributed by atoms with Crippen LogP contribution in [0.5, 0.6) is 11.5 Å². The van der Waals surface area contributed by atoms with Gasteiger partial charge in [0, 0.05) is 45.5 Å². The van der Waals surface area contributed by atoms with Crippen molar-refractivity contribution in [3.8, 4) is 11.5 Å². The van der Waals surface area contributed by atoms with E-state index in [0.717, 1.165) is 5.56 Å². The maximum atomic E-state index is 13.8. The van der Waals surface area contributed by atoms with E-state index >= 15 is 0 Å². The molecule has 176 valence electrons. The van der Waals surface area contributed by atoms with Gasteiger partial charge in [-0.2, -0.15) is 0 Å². The van der Waals surface area contributed by atoms with E-state index in [4.69, 9.17) is 18.9 Å². The minimum atomic E-state index is -0.418. The Hall–Kier alpha value is -3.36. The maximum absolute atomic E-state index is 13.8. The van der Waals surface area contributed by atoms with E-state index in [1.807, 2.05) is 36.1 Å². The highest BCUT2D eigenvalue weighted by Crippen LogP contribution is 2.37. The lowest BCUT2D eigenvalue weighted by Crippen LogP contribution is -2.37. The van der Waals surface area contributed by atoms with Gasteiger partial charge < -0.3 is 23.8 Å². The molecule has 1 aliphatic rings. The molecule has 0 N–H and O–H groups in total. The molecule has 0 spiro atoms. The van der Waals surface area contributed by atoms with Crippen molar-refractivity contribution in [1.82, 2.24) is 4.90 Å². The zero-order valence-corrected chi connectivity index (χ0v) is 19.7. The summed E-state index contributed by atoms with van der Waals surface area (Å²) in [6, 6.07) is 12.5. The zero-order valence-electron chi connectivity index (χ0n) is 19.7. The minimum absolute atomic E-state index is 0.319. The molecule has 8 heteroatoms. The highest BCUT2D eigenvalue weighted by molar-refractivity contribution is 6.45. The lowest BCUT2D eigenvalue weighted by atomic mass is 10.0. The van der Waals surface area contributed by atoms with Gasteiger partial charge >= 0.3 is 0 Å². The number of anilines is 1. The molecule has 8 nitrogen and oxygen atoms in total. The van der Waals surface area contributed by atoms with Crippen LogP contribution >= 0.6 is 0 Å². The van der Waals surface area contributed by atoms with Crippen molar-refractivity contribution in [2.75, 3.05) is 59.6 Å². The molecule has 1 heterocycles. The van der Waals surface area contributed by atoms with E-state index in [9.17, 15) is 9.59 Å². The van der Waals surface area contributed by atoms with Gasteiger partial charge in [-0.1, -0.05) is 29.8 Å². The lowest BCUT2D eigenvalue weighted by Gasteiger charge is -2.25. The average molecular weight is 455 g/mol. The number of benzene rings is 2. The summed E-state index contributed by atoms with van der Waals surface area (Å²) in [4.78, 5) is 30.5. The van der Waals surface area contributed by atoms with Crippen molar-refractivity contribution >= 4 is 23.1 Å². The second-order valence-corrected chi connectivity index (χ2v) is 7.58. The normalized spacial score (nSPS) is 13.7. The van der Waals surface area contributed by atoms with Crippen molar-refractivity contribution < 1.29 is 28.5 Å². The molecule has 0 bridgehead atoms. The summed E-state index contributed by atoms with van der Waals surface area (Å²) in [7, 11) is 6.23. The molecule has 33 heavy (non-hydrogen) atoms. The fourth-order valence-electron chi connectivity index (χ4n) is 3.69. The number of ether oxygens (including phenoxy) is 4. The van der Waals surface area contributed by atoms with Gasteiger partial charge in [0.2, 0.25) is 0 Å². The van der Waals surface area contributed by atoms with Gasteiger partial charge in [0.05, 0.1) is 38.7 Å². The van der Waals surface area contributed by atoms with Crippen LogP contribution in [-0.2, 0) is 19.1 Å². The summed E-state index contributed by atoms with van der Waals surface area (Å²) in [6.07, 6.45) is 0. The number of hydrogen-bond donors (Lipinski definition) is 0. The van der Waals surface area contributed by atoms with Crippen molar-refractivity contribution in [1.29, 1.82) is 0 Å². The average Bonchev–Trinajstić information content (AvgIpc) is 3.09.